The third-order valence-corrected chi connectivity index (χ3v) is 4.12. The molecule has 110 valence electrons. The van der Waals surface area contributed by atoms with Gasteiger partial charge in [0.25, 0.3) is 0 Å². The quantitative estimate of drug-likeness (QED) is 0.883. The van der Waals surface area contributed by atoms with Gasteiger partial charge in [0.15, 0.2) is 5.13 Å². The fraction of sp³-hybridized carbons (Fsp3) is 0.357. The highest BCUT2D eigenvalue weighted by Gasteiger charge is 2.13. The lowest BCUT2D eigenvalue weighted by Crippen LogP contribution is -2.18. The molecule has 0 radical (unpaired) electrons. The normalized spacial score (nSPS) is 14.4. The van der Waals surface area contributed by atoms with E-state index in [1.807, 2.05) is 12.1 Å². The highest BCUT2D eigenvalue weighted by molar-refractivity contribution is 7.13. The van der Waals surface area contributed by atoms with E-state index >= 15 is 0 Å². The molecule has 2 N–H and O–H groups in total. The molecule has 1 aliphatic rings. The molecule has 3 rings (SSSR count). The number of carbonyl (C=O) groups is 1. The largest absolute Gasteiger partial charge is 0.481 e. The van der Waals surface area contributed by atoms with Crippen LogP contribution >= 0.6 is 11.3 Å². The number of thiazole rings is 1. The number of hydrogen-bond acceptors (Lipinski definition) is 6. The van der Waals surface area contributed by atoms with Crippen LogP contribution in [0.2, 0.25) is 0 Å². The molecule has 0 aromatic carbocycles. The SMILES string of the molecule is O=C(O)Cc1csc(Nc2ccc(N3CCCC3)nc2)n1. The van der Waals surface area contributed by atoms with E-state index in [0.717, 1.165) is 24.6 Å². The van der Waals surface area contributed by atoms with Gasteiger partial charge in [0.05, 0.1) is 24.0 Å². The molecular weight excluding hydrogens is 288 g/mol. The van der Waals surface area contributed by atoms with Crippen LogP contribution in [0.25, 0.3) is 0 Å². The molecule has 1 saturated heterocycles. The van der Waals surface area contributed by atoms with Gasteiger partial charge in [-0.1, -0.05) is 0 Å². The minimum absolute atomic E-state index is 0.0513. The number of pyridine rings is 1. The van der Waals surface area contributed by atoms with Crippen LogP contribution in [0.5, 0.6) is 0 Å². The van der Waals surface area contributed by atoms with Crippen molar-refractivity contribution in [3.05, 3.63) is 29.4 Å². The summed E-state index contributed by atoms with van der Waals surface area (Å²) in [6.45, 7) is 2.15. The molecule has 6 nitrogen and oxygen atoms in total. The maximum absolute atomic E-state index is 10.6. The van der Waals surface area contributed by atoms with Gasteiger partial charge in [0.2, 0.25) is 0 Å². The number of aromatic nitrogens is 2. The van der Waals surface area contributed by atoms with Crippen LogP contribution < -0.4 is 10.2 Å². The minimum Gasteiger partial charge on any atom is -0.481 e. The molecule has 1 fully saturated rings. The Kier molecular flexibility index (Phi) is 4.01. The smallest absolute Gasteiger partial charge is 0.309 e. The average molecular weight is 304 g/mol. The summed E-state index contributed by atoms with van der Waals surface area (Å²) in [6, 6.07) is 3.97. The van der Waals surface area contributed by atoms with Gasteiger partial charge in [-0.3, -0.25) is 4.79 Å². The molecule has 2 aromatic heterocycles. The summed E-state index contributed by atoms with van der Waals surface area (Å²) in [4.78, 5) is 21.6. The van der Waals surface area contributed by atoms with Crippen molar-refractivity contribution < 1.29 is 9.90 Å². The third kappa shape index (κ3) is 3.49. The van der Waals surface area contributed by atoms with E-state index in [9.17, 15) is 4.79 Å². The first-order valence-corrected chi connectivity index (χ1v) is 7.73. The van der Waals surface area contributed by atoms with E-state index in [1.165, 1.54) is 24.2 Å². The standard InChI is InChI=1S/C14H16N4O2S/c19-13(20)7-11-9-21-14(17-11)16-10-3-4-12(15-8-10)18-5-1-2-6-18/h3-4,8-9H,1-2,5-7H2,(H,16,17)(H,19,20). The Morgan fingerprint density at radius 2 is 2.19 bits per heavy atom. The van der Waals surface area contributed by atoms with Crippen molar-refractivity contribution in [2.24, 2.45) is 0 Å². The third-order valence-electron chi connectivity index (χ3n) is 3.31. The Labute approximate surface area is 126 Å². The number of anilines is 3. The Bertz CT molecular complexity index is 620. The second-order valence-electron chi connectivity index (χ2n) is 4.94. The van der Waals surface area contributed by atoms with Crippen molar-refractivity contribution in [1.29, 1.82) is 0 Å². The van der Waals surface area contributed by atoms with Gasteiger partial charge in [-0.2, -0.15) is 0 Å². The lowest BCUT2D eigenvalue weighted by atomic mass is 10.3. The van der Waals surface area contributed by atoms with E-state index in [2.05, 4.69) is 20.2 Å². The highest BCUT2D eigenvalue weighted by Crippen LogP contribution is 2.23. The molecule has 1 aliphatic heterocycles. The Morgan fingerprint density at radius 1 is 1.38 bits per heavy atom. The minimum atomic E-state index is -0.872. The maximum Gasteiger partial charge on any atom is 0.309 e. The number of carboxylic acids is 1. The fourth-order valence-corrected chi connectivity index (χ4v) is 3.05. The summed E-state index contributed by atoms with van der Waals surface area (Å²) in [5.41, 5.74) is 1.42. The Balaban J connectivity index is 1.64. The van der Waals surface area contributed by atoms with Crippen molar-refractivity contribution in [2.45, 2.75) is 19.3 Å². The highest BCUT2D eigenvalue weighted by atomic mass is 32.1. The zero-order valence-corrected chi connectivity index (χ0v) is 12.3. The molecular formula is C14H16N4O2S. The van der Waals surface area contributed by atoms with Crippen LogP contribution in [0, 0.1) is 0 Å². The monoisotopic (exact) mass is 304 g/mol. The molecule has 2 aromatic rings. The molecule has 0 spiro atoms. The topological polar surface area (TPSA) is 78.4 Å². The predicted octanol–water partition coefficient (Wildman–Crippen LogP) is 2.51. The first-order valence-electron chi connectivity index (χ1n) is 6.85. The first kappa shape index (κ1) is 13.8. The van der Waals surface area contributed by atoms with Crippen LogP contribution in [0.1, 0.15) is 18.5 Å². The molecule has 0 bridgehead atoms. The molecule has 0 unspecified atom stereocenters. The van der Waals surface area contributed by atoms with E-state index in [0.29, 0.717) is 10.8 Å². The maximum atomic E-state index is 10.6. The van der Waals surface area contributed by atoms with Gasteiger partial charge in [0, 0.05) is 18.5 Å². The van der Waals surface area contributed by atoms with E-state index in [1.54, 1.807) is 11.6 Å². The molecule has 0 aliphatic carbocycles. The predicted molar refractivity (Wildman–Crippen MR) is 82.4 cm³/mol. The summed E-state index contributed by atoms with van der Waals surface area (Å²) in [7, 11) is 0. The second kappa shape index (κ2) is 6.09. The number of hydrogen-bond donors (Lipinski definition) is 2. The van der Waals surface area contributed by atoms with Crippen LogP contribution in [0.15, 0.2) is 23.7 Å². The number of rotatable bonds is 5. The van der Waals surface area contributed by atoms with Gasteiger partial charge < -0.3 is 15.3 Å². The molecule has 0 atom stereocenters. The summed E-state index contributed by atoms with van der Waals surface area (Å²) >= 11 is 1.39. The fourth-order valence-electron chi connectivity index (χ4n) is 2.32. The zero-order chi connectivity index (χ0) is 14.7. The zero-order valence-electron chi connectivity index (χ0n) is 11.5. The number of nitrogens with one attached hydrogen (secondary N) is 1. The number of nitrogens with zero attached hydrogens (tertiary/aromatic N) is 3. The molecule has 0 amide bonds. The lowest BCUT2D eigenvalue weighted by molar-refractivity contribution is -0.136. The summed E-state index contributed by atoms with van der Waals surface area (Å²) in [6.07, 6.45) is 4.19. The molecule has 3 heterocycles. The van der Waals surface area contributed by atoms with Crippen LogP contribution in [0.4, 0.5) is 16.6 Å². The second-order valence-corrected chi connectivity index (χ2v) is 5.80. The Hall–Kier alpha value is -2.15. The summed E-state index contributed by atoms with van der Waals surface area (Å²) in [5, 5.41) is 14.3. The number of aliphatic carboxylic acids is 1. The van der Waals surface area contributed by atoms with E-state index < -0.39 is 5.97 Å². The average Bonchev–Trinajstić information content (AvgIpc) is 3.11. The van der Waals surface area contributed by atoms with Gasteiger partial charge in [-0.15, -0.1) is 11.3 Å². The van der Waals surface area contributed by atoms with E-state index in [4.69, 9.17) is 5.11 Å². The van der Waals surface area contributed by atoms with Crippen molar-refractivity contribution in [2.75, 3.05) is 23.3 Å². The van der Waals surface area contributed by atoms with Gasteiger partial charge >= 0.3 is 5.97 Å². The van der Waals surface area contributed by atoms with Crippen molar-refractivity contribution in [3.8, 4) is 0 Å². The van der Waals surface area contributed by atoms with Crippen molar-refractivity contribution in [3.63, 3.8) is 0 Å². The lowest BCUT2D eigenvalue weighted by Gasteiger charge is -2.16. The summed E-state index contributed by atoms with van der Waals surface area (Å²) in [5.74, 6) is 0.132. The van der Waals surface area contributed by atoms with Gasteiger partial charge in [0.1, 0.15) is 5.82 Å². The summed E-state index contributed by atoms with van der Waals surface area (Å²) < 4.78 is 0. The van der Waals surface area contributed by atoms with Crippen molar-refractivity contribution in [1.82, 2.24) is 9.97 Å². The van der Waals surface area contributed by atoms with Crippen molar-refractivity contribution >= 4 is 33.9 Å². The Morgan fingerprint density at radius 3 is 2.86 bits per heavy atom. The number of carboxylic acid groups (broad SMARTS) is 1. The molecule has 0 saturated carbocycles. The first-order chi connectivity index (χ1) is 10.2. The van der Waals surface area contributed by atoms with E-state index in [-0.39, 0.29) is 6.42 Å². The van der Waals surface area contributed by atoms with Gasteiger partial charge in [-0.25, -0.2) is 9.97 Å². The van der Waals surface area contributed by atoms with Crippen LogP contribution in [0.3, 0.4) is 0 Å². The van der Waals surface area contributed by atoms with Gasteiger partial charge in [-0.05, 0) is 25.0 Å². The van der Waals surface area contributed by atoms with Crippen LogP contribution in [-0.2, 0) is 11.2 Å². The molecule has 7 heteroatoms. The van der Waals surface area contributed by atoms with Crippen LogP contribution in [-0.4, -0.2) is 34.1 Å². The molecule has 21 heavy (non-hydrogen) atoms.